The number of hydrogen-bond donors (Lipinski definition) is 1. The Bertz CT molecular complexity index is 570. The first-order valence-electron chi connectivity index (χ1n) is 9.48. The summed E-state index contributed by atoms with van der Waals surface area (Å²) in [6, 6.07) is 9.33. The highest BCUT2D eigenvalue weighted by atomic mass is 16.5. The number of ether oxygens (including phenoxy) is 1. The average molecular weight is 344 g/mol. The molecule has 5 nitrogen and oxygen atoms in total. The molecule has 2 fully saturated rings. The van der Waals surface area contributed by atoms with Crippen molar-refractivity contribution in [3.63, 3.8) is 0 Å². The smallest absolute Gasteiger partial charge is 0.251 e. The Morgan fingerprint density at radius 3 is 2.72 bits per heavy atom. The van der Waals surface area contributed by atoms with Gasteiger partial charge in [0.15, 0.2) is 0 Å². The van der Waals surface area contributed by atoms with E-state index in [1.165, 1.54) is 0 Å². The fraction of sp³-hybridized carbons (Fsp3) is 0.600. The third-order valence-electron chi connectivity index (χ3n) is 5.19. The molecule has 2 heterocycles. The second kappa shape index (κ2) is 8.99. The van der Waals surface area contributed by atoms with Crippen LogP contribution in [0.25, 0.3) is 0 Å². The molecule has 1 aromatic rings. The van der Waals surface area contributed by atoms with Gasteiger partial charge in [-0.1, -0.05) is 18.2 Å². The summed E-state index contributed by atoms with van der Waals surface area (Å²) in [6.07, 6.45) is 6.92. The van der Waals surface area contributed by atoms with Crippen molar-refractivity contribution in [1.82, 2.24) is 10.2 Å². The normalized spacial score (nSPS) is 23.4. The zero-order valence-corrected chi connectivity index (χ0v) is 14.8. The predicted molar refractivity (Wildman–Crippen MR) is 96.3 cm³/mol. The SMILES string of the molecule is O=C(NCC1CCCCN1C(=O)CCC1CCCO1)c1ccccc1. The van der Waals surface area contributed by atoms with E-state index in [-0.39, 0.29) is 24.0 Å². The van der Waals surface area contributed by atoms with Gasteiger partial charge < -0.3 is 15.0 Å². The number of piperidine rings is 1. The zero-order chi connectivity index (χ0) is 17.5. The first kappa shape index (κ1) is 17.9. The maximum absolute atomic E-state index is 12.6. The molecule has 2 saturated heterocycles. The van der Waals surface area contributed by atoms with Gasteiger partial charge in [-0.05, 0) is 50.7 Å². The molecule has 136 valence electrons. The summed E-state index contributed by atoms with van der Waals surface area (Å²) in [5.74, 6) is 0.132. The highest BCUT2D eigenvalue weighted by Crippen LogP contribution is 2.21. The van der Waals surface area contributed by atoms with Gasteiger partial charge in [-0.25, -0.2) is 0 Å². The Kier molecular flexibility index (Phi) is 6.45. The molecule has 0 saturated carbocycles. The van der Waals surface area contributed by atoms with Gasteiger partial charge in [0.1, 0.15) is 0 Å². The van der Waals surface area contributed by atoms with Gasteiger partial charge >= 0.3 is 0 Å². The van der Waals surface area contributed by atoms with Gasteiger partial charge in [0, 0.05) is 37.7 Å². The monoisotopic (exact) mass is 344 g/mol. The van der Waals surface area contributed by atoms with Crippen LogP contribution in [0.5, 0.6) is 0 Å². The van der Waals surface area contributed by atoms with Crippen LogP contribution in [0.3, 0.4) is 0 Å². The molecule has 0 aromatic heterocycles. The third-order valence-corrected chi connectivity index (χ3v) is 5.19. The highest BCUT2D eigenvalue weighted by Gasteiger charge is 2.27. The molecule has 2 aliphatic rings. The van der Waals surface area contributed by atoms with Crippen LogP contribution in [0, 0.1) is 0 Å². The largest absolute Gasteiger partial charge is 0.378 e. The molecule has 1 N–H and O–H groups in total. The van der Waals surface area contributed by atoms with Gasteiger partial charge in [0.05, 0.1) is 6.10 Å². The van der Waals surface area contributed by atoms with Crippen molar-refractivity contribution in [3.05, 3.63) is 35.9 Å². The van der Waals surface area contributed by atoms with Crippen LogP contribution in [0.1, 0.15) is 55.3 Å². The summed E-state index contributed by atoms with van der Waals surface area (Å²) in [5, 5.41) is 2.99. The van der Waals surface area contributed by atoms with Crippen molar-refractivity contribution in [3.8, 4) is 0 Å². The van der Waals surface area contributed by atoms with Crippen molar-refractivity contribution < 1.29 is 14.3 Å². The van der Waals surface area contributed by atoms with E-state index < -0.39 is 0 Å². The Labute approximate surface area is 149 Å². The number of likely N-dealkylation sites (tertiary alicyclic amines) is 1. The first-order chi connectivity index (χ1) is 12.2. The van der Waals surface area contributed by atoms with E-state index in [9.17, 15) is 9.59 Å². The lowest BCUT2D eigenvalue weighted by molar-refractivity contribution is -0.135. The lowest BCUT2D eigenvalue weighted by atomic mass is 10.0. The van der Waals surface area contributed by atoms with Crippen molar-refractivity contribution in [2.24, 2.45) is 0 Å². The number of nitrogens with zero attached hydrogens (tertiary/aromatic N) is 1. The van der Waals surface area contributed by atoms with Crippen molar-refractivity contribution in [1.29, 1.82) is 0 Å². The van der Waals surface area contributed by atoms with Crippen LogP contribution in [0.4, 0.5) is 0 Å². The van der Waals surface area contributed by atoms with Crippen molar-refractivity contribution in [2.45, 2.75) is 57.1 Å². The van der Waals surface area contributed by atoms with Gasteiger partial charge in [-0.2, -0.15) is 0 Å². The van der Waals surface area contributed by atoms with Crippen LogP contribution < -0.4 is 5.32 Å². The molecule has 3 rings (SSSR count). The van der Waals surface area contributed by atoms with Crippen LogP contribution in [-0.2, 0) is 9.53 Å². The summed E-state index contributed by atoms with van der Waals surface area (Å²) in [7, 11) is 0. The number of carbonyl (C=O) groups is 2. The van der Waals surface area contributed by atoms with Gasteiger partial charge in [0.25, 0.3) is 5.91 Å². The summed E-state index contributed by atoms with van der Waals surface area (Å²) in [5.41, 5.74) is 0.662. The average Bonchev–Trinajstić information content (AvgIpc) is 3.19. The van der Waals surface area contributed by atoms with E-state index >= 15 is 0 Å². The maximum Gasteiger partial charge on any atom is 0.251 e. The Hall–Kier alpha value is -1.88. The molecule has 0 aliphatic carbocycles. The fourth-order valence-electron chi connectivity index (χ4n) is 3.74. The van der Waals surface area contributed by atoms with Crippen molar-refractivity contribution >= 4 is 11.8 Å². The molecule has 2 aliphatic heterocycles. The summed E-state index contributed by atoms with van der Waals surface area (Å²) in [4.78, 5) is 26.8. The van der Waals surface area contributed by atoms with E-state index in [1.54, 1.807) is 12.1 Å². The summed E-state index contributed by atoms with van der Waals surface area (Å²) >= 11 is 0. The molecule has 0 spiro atoms. The number of carbonyl (C=O) groups excluding carboxylic acids is 2. The first-order valence-corrected chi connectivity index (χ1v) is 9.48. The van der Waals surface area contributed by atoms with Crippen LogP contribution >= 0.6 is 0 Å². The van der Waals surface area contributed by atoms with E-state index in [0.717, 1.165) is 51.7 Å². The molecular weight excluding hydrogens is 316 g/mol. The van der Waals surface area contributed by atoms with Crippen LogP contribution in [0.15, 0.2) is 30.3 Å². The number of nitrogens with one attached hydrogen (secondary N) is 1. The molecule has 25 heavy (non-hydrogen) atoms. The van der Waals surface area contributed by atoms with E-state index in [4.69, 9.17) is 4.74 Å². The molecule has 1 aromatic carbocycles. The molecule has 0 bridgehead atoms. The molecule has 2 amide bonds. The van der Waals surface area contributed by atoms with Crippen molar-refractivity contribution in [2.75, 3.05) is 19.7 Å². The summed E-state index contributed by atoms with van der Waals surface area (Å²) in [6.45, 7) is 2.16. The zero-order valence-electron chi connectivity index (χ0n) is 14.8. The van der Waals surface area contributed by atoms with Gasteiger partial charge in [-0.15, -0.1) is 0 Å². The second-order valence-corrected chi connectivity index (χ2v) is 6.99. The third kappa shape index (κ3) is 5.05. The molecule has 2 atom stereocenters. The quantitative estimate of drug-likeness (QED) is 0.863. The number of rotatable bonds is 6. The Morgan fingerprint density at radius 2 is 1.96 bits per heavy atom. The topological polar surface area (TPSA) is 58.6 Å². The van der Waals surface area contributed by atoms with E-state index in [2.05, 4.69) is 5.32 Å². The minimum Gasteiger partial charge on any atom is -0.378 e. The Morgan fingerprint density at radius 1 is 1.12 bits per heavy atom. The number of benzene rings is 1. The van der Waals surface area contributed by atoms with Gasteiger partial charge in [-0.3, -0.25) is 9.59 Å². The molecule has 5 heteroatoms. The lowest BCUT2D eigenvalue weighted by Gasteiger charge is -2.36. The predicted octanol–water partition coefficient (Wildman–Crippen LogP) is 2.76. The molecule has 0 radical (unpaired) electrons. The van der Waals surface area contributed by atoms with Crippen LogP contribution in [0.2, 0.25) is 0 Å². The summed E-state index contributed by atoms with van der Waals surface area (Å²) < 4.78 is 5.62. The van der Waals surface area contributed by atoms with Crippen LogP contribution in [-0.4, -0.2) is 48.6 Å². The van der Waals surface area contributed by atoms with E-state index in [0.29, 0.717) is 18.5 Å². The molecular formula is C20H28N2O3. The number of amides is 2. The molecule has 2 unspecified atom stereocenters. The second-order valence-electron chi connectivity index (χ2n) is 6.99. The van der Waals surface area contributed by atoms with E-state index in [1.807, 2.05) is 23.1 Å². The fourth-order valence-corrected chi connectivity index (χ4v) is 3.74. The minimum atomic E-state index is -0.0714. The highest BCUT2D eigenvalue weighted by molar-refractivity contribution is 5.94. The standard InChI is InChI=1S/C20H28N2O3/c23-19(12-11-18-10-6-14-25-18)22-13-5-4-9-17(22)15-21-20(24)16-7-2-1-3-8-16/h1-3,7-8,17-18H,4-6,9-15H2,(H,21,24). The minimum absolute atomic E-state index is 0.0714. The maximum atomic E-state index is 12.6. The van der Waals surface area contributed by atoms with Gasteiger partial charge in [0.2, 0.25) is 5.91 Å². The Balaban J connectivity index is 1.49. The lowest BCUT2D eigenvalue weighted by Crippen LogP contribution is -2.49. The number of hydrogen-bond acceptors (Lipinski definition) is 3.